The van der Waals surface area contributed by atoms with Gasteiger partial charge in [0.2, 0.25) is 11.8 Å². The summed E-state index contributed by atoms with van der Waals surface area (Å²) >= 11 is 1.41. The zero-order valence-corrected chi connectivity index (χ0v) is 20.7. The second-order valence-electron chi connectivity index (χ2n) is 8.81. The van der Waals surface area contributed by atoms with E-state index >= 15 is 0 Å². The van der Waals surface area contributed by atoms with Gasteiger partial charge in [-0.2, -0.15) is 0 Å². The van der Waals surface area contributed by atoms with Crippen LogP contribution in [-0.4, -0.2) is 33.6 Å². The van der Waals surface area contributed by atoms with Crippen LogP contribution in [0, 0.1) is 5.82 Å². The van der Waals surface area contributed by atoms with Crippen LogP contribution in [0.4, 0.5) is 10.1 Å². The zero-order chi connectivity index (χ0) is 26.2. The smallest absolute Gasteiger partial charge is 0.257 e. The standard InChI is InChI=1S/C29H20FN3O4S/c30-22-8-2-1-7-21(22)28(35)32(17-20-6-5-15-38-20)24-16-26(34)33(29(24)36)19-13-11-18(12-14-19)27-31-23-9-3-4-10-25(23)37-27/h1-15,24H,16-17H2. The van der Waals surface area contributed by atoms with Gasteiger partial charge in [0.1, 0.15) is 17.4 Å². The van der Waals surface area contributed by atoms with Crippen LogP contribution in [0.5, 0.6) is 0 Å². The summed E-state index contributed by atoms with van der Waals surface area (Å²) in [5.74, 6) is -1.88. The maximum Gasteiger partial charge on any atom is 0.257 e. The summed E-state index contributed by atoms with van der Waals surface area (Å²) < 4.78 is 20.3. The van der Waals surface area contributed by atoms with Crippen LogP contribution in [0.1, 0.15) is 21.7 Å². The van der Waals surface area contributed by atoms with Gasteiger partial charge in [-0.3, -0.25) is 14.4 Å². The minimum absolute atomic E-state index is 0.0824. The molecule has 1 aliphatic rings. The number of imide groups is 1. The summed E-state index contributed by atoms with van der Waals surface area (Å²) in [6.45, 7) is 0.0824. The van der Waals surface area contributed by atoms with Crippen molar-refractivity contribution in [1.29, 1.82) is 0 Å². The van der Waals surface area contributed by atoms with Crippen LogP contribution >= 0.6 is 11.3 Å². The molecule has 3 aromatic carbocycles. The van der Waals surface area contributed by atoms with Crippen molar-refractivity contribution in [2.24, 2.45) is 0 Å². The summed E-state index contributed by atoms with van der Waals surface area (Å²) in [7, 11) is 0. The van der Waals surface area contributed by atoms with Crippen molar-refractivity contribution in [2.75, 3.05) is 4.90 Å². The normalized spacial score (nSPS) is 15.4. The van der Waals surface area contributed by atoms with E-state index in [1.54, 1.807) is 30.3 Å². The molecule has 0 N–H and O–H groups in total. The number of hydrogen-bond donors (Lipinski definition) is 0. The molecule has 38 heavy (non-hydrogen) atoms. The summed E-state index contributed by atoms with van der Waals surface area (Å²) in [5.41, 5.74) is 2.30. The lowest BCUT2D eigenvalue weighted by molar-refractivity contribution is -0.122. The Kier molecular flexibility index (Phi) is 6.05. The van der Waals surface area contributed by atoms with Crippen molar-refractivity contribution in [3.63, 3.8) is 0 Å². The van der Waals surface area contributed by atoms with E-state index in [4.69, 9.17) is 4.42 Å². The van der Waals surface area contributed by atoms with E-state index in [0.717, 1.165) is 15.3 Å². The van der Waals surface area contributed by atoms with Crippen LogP contribution in [0.2, 0.25) is 0 Å². The van der Waals surface area contributed by atoms with Crippen molar-refractivity contribution < 1.29 is 23.2 Å². The molecule has 1 saturated heterocycles. The molecule has 188 valence electrons. The minimum atomic E-state index is -1.06. The quantitative estimate of drug-likeness (QED) is 0.267. The molecule has 1 unspecified atom stereocenters. The van der Waals surface area contributed by atoms with Crippen molar-refractivity contribution in [3.8, 4) is 11.5 Å². The van der Waals surface area contributed by atoms with Gasteiger partial charge in [0.05, 0.1) is 24.2 Å². The van der Waals surface area contributed by atoms with Crippen molar-refractivity contribution in [2.45, 2.75) is 19.0 Å². The number of amides is 3. The SMILES string of the molecule is O=C1CC(N(Cc2cccs2)C(=O)c2ccccc2F)C(=O)N1c1ccc(-c2nc3ccccc3o2)cc1. The maximum absolute atomic E-state index is 14.5. The van der Waals surface area contributed by atoms with E-state index in [1.807, 2.05) is 41.8 Å². The highest BCUT2D eigenvalue weighted by molar-refractivity contribution is 7.09. The van der Waals surface area contributed by atoms with Crippen LogP contribution in [0.25, 0.3) is 22.6 Å². The molecule has 0 spiro atoms. The monoisotopic (exact) mass is 525 g/mol. The van der Waals surface area contributed by atoms with Gasteiger partial charge in [-0.1, -0.05) is 30.3 Å². The Morgan fingerprint density at radius 3 is 2.50 bits per heavy atom. The van der Waals surface area contributed by atoms with Crippen LogP contribution in [0.3, 0.4) is 0 Å². The Labute approximate surface area is 220 Å². The lowest BCUT2D eigenvalue weighted by Gasteiger charge is -2.27. The van der Waals surface area contributed by atoms with E-state index in [1.165, 1.54) is 34.4 Å². The number of rotatable bonds is 6. The predicted octanol–water partition coefficient (Wildman–Crippen LogP) is 5.67. The van der Waals surface area contributed by atoms with Crippen molar-refractivity contribution >= 4 is 45.8 Å². The highest BCUT2D eigenvalue weighted by Crippen LogP contribution is 2.31. The number of benzene rings is 3. The molecule has 3 heterocycles. The molecule has 0 bridgehead atoms. The minimum Gasteiger partial charge on any atom is -0.436 e. The number of carbonyl (C=O) groups is 3. The molecular weight excluding hydrogens is 505 g/mol. The third kappa shape index (κ3) is 4.26. The lowest BCUT2D eigenvalue weighted by atomic mass is 10.1. The van der Waals surface area contributed by atoms with Crippen LogP contribution in [-0.2, 0) is 16.1 Å². The molecule has 1 fully saturated rings. The molecule has 0 aliphatic carbocycles. The third-order valence-electron chi connectivity index (χ3n) is 6.44. The fourth-order valence-corrected chi connectivity index (χ4v) is 5.27. The Balaban J connectivity index is 1.29. The highest BCUT2D eigenvalue weighted by atomic mass is 32.1. The van der Waals surface area contributed by atoms with Gasteiger partial charge in [-0.05, 0) is 60.0 Å². The maximum atomic E-state index is 14.5. The fourth-order valence-electron chi connectivity index (χ4n) is 4.56. The van der Waals surface area contributed by atoms with Gasteiger partial charge in [-0.25, -0.2) is 14.3 Å². The molecule has 9 heteroatoms. The topological polar surface area (TPSA) is 83.7 Å². The number of fused-ring (bicyclic) bond motifs is 1. The first-order valence-electron chi connectivity index (χ1n) is 11.9. The Bertz CT molecular complexity index is 1630. The van der Waals surface area contributed by atoms with Gasteiger partial charge >= 0.3 is 0 Å². The van der Waals surface area contributed by atoms with E-state index < -0.39 is 29.6 Å². The number of carbonyl (C=O) groups excluding carboxylic acids is 3. The summed E-state index contributed by atoms with van der Waals surface area (Å²) in [6, 6.07) is 22.4. The van der Waals surface area contributed by atoms with E-state index in [0.29, 0.717) is 22.7 Å². The van der Waals surface area contributed by atoms with E-state index in [2.05, 4.69) is 4.98 Å². The molecule has 0 radical (unpaired) electrons. The summed E-state index contributed by atoms with van der Waals surface area (Å²) in [4.78, 5) is 47.7. The first kappa shape index (κ1) is 23.7. The summed E-state index contributed by atoms with van der Waals surface area (Å²) in [5, 5.41) is 1.85. The second kappa shape index (κ2) is 9.68. The number of aromatic nitrogens is 1. The number of para-hydroxylation sites is 2. The molecular formula is C29H20FN3O4S. The molecule has 7 nitrogen and oxygen atoms in total. The second-order valence-corrected chi connectivity index (χ2v) is 9.85. The van der Waals surface area contributed by atoms with Crippen LogP contribution < -0.4 is 4.90 Å². The fraction of sp³-hybridized carbons (Fsp3) is 0.103. The van der Waals surface area contributed by atoms with E-state index in [9.17, 15) is 18.8 Å². The lowest BCUT2D eigenvalue weighted by Crippen LogP contribution is -2.45. The highest BCUT2D eigenvalue weighted by Gasteiger charge is 2.45. The van der Waals surface area contributed by atoms with Gasteiger partial charge in [0, 0.05) is 10.4 Å². The Hall–Kier alpha value is -4.63. The van der Waals surface area contributed by atoms with Crippen molar-refractivity contribution in [1.82, 2.24) is 9.88 Å². The van der Waals surface area contributed by atoms with E-state index in [-0.39, 0.29) is 18.5 Å². The molecule has 1 atom stereocenters. The number of oxazole rings is 1. The average Bonchev–Trinajstić information content (AvgIpc) is 3.66. The molecule has 0 saturated carbocycles. The number of halogens is 1. The molecule has 2 aromatic heterocycles. The number of hydrogen-bond acceptors (Lipinski definition) is 6. The number of anilines is 1. The molecule has 1 aliphatic heterocycles. The van der Waals surface area contributed by atoms with Crippen molar-refractivity contribution in [3.05, 3.63) is 107 Å². The van der Waals surface area contributed by atoms with Gasteiger partial charge in [0.15, 0.2) is 5.58 Å². The zero-order valence-electron chi connectivity index (χ0n) is 19.9. The molecule has 5 aromatic rings. The predicted molar refractivity (Wildman–Crippen MR) is 141 cm³/mol. The molecule has 3 amide bonds. The largest absolute Gasteiger partial charge is 0.436 e. The number of nitrogens with zero attached hydrogens (tertiary/aromatic N) is 3. The average molecular weight is 526 g/mol. The summed E-state index contributed by atoms with van der Waals surface area (Å²) in [6.07, 6.45) is -0.197. The molecule has 6 rings (SSSR count). The third-order valence-corrected chi connectivity index (χ3v) is 7.30. The van der Waals surface area contributed by atoms with Gasteiger partial charge in [-0.15, -0.1) is 11.3 Å². The Morgan fingerprint density at radius 2 is 1.76 bits per heavy atom. The Morgan fingerprint density at radius 1 is 1.00 bits per heavy atom. The first-order valence-corrected chi connectivity index (χ1v) is 12.8. The number of thiophene rings is 1. The van der Waals surface area contributed by atoms with Gasteiger partial charge < -0.3 is 9.32 Å². The first-order chi connectivity index (χ1) is 18.5. The van der Waals surface area contributed by atoms with Crippen LogP contribution in [0.15, 0.2) is 94.7 Å². The van der Waals surface area contributed by atoms with Gasteiger partial charge in [0.25, 0.3) is 11.8 Å².